The number of morpholine rings is 1. The number of urea groups is 1. The number of rotatable bonds is 8. The molecule has 2 fully saturated rings. The van der Waals surface area contributed by atoms with Gasteiger partial charge in [0, 0.05) is 30.7 Å². The summed E-state index contributed by atoms with van der Waals surface area (Å²) in [4.78, 5) is 28.4. The molecular weight excluding hydrogens is 496 g/mol. The Labute approximate surface area is 219 Å². The van der Waals surface area contributed by atoms with Crippen LogP contribution in [-0.4, -0.2) is 49.7 Å². The lowest BCUT2D eigenvalue weighted by Crippen LogP contribution is -2.41. The number of nitrogens with zero attached hydrogens (tertiary/aromatic N) is 1. The molecule has 1 saturated heterocycles. The second-order valence-electron chi connectivity index (χ2n) is 9.28. The topological polar surface area (TPSA) is 82.7 Å². The van der Waals surface area contributed by atoms with Crippen molar-refractivity contribution in [2.45, 2.75) is 24.3 Å². The van der Waals surface area contributed by atoms with Gasteiger partial charge < -0.3 is 15.4 Å². The summed E-state index contributed by atoms with van der Waals surface area (Å²) < 4.78 is 6.06. The molecule has 0 spiro atoms. The van der Waals surface area contributed by atoms with Crippen molar-refractivity contribution in [3.05, 3.63) is 82.2 Å². The highest BCUT2D eigenvalue weighted by Crippen LogP contribution is 2.49. The van der Waals surface area contributed by atoms with Gasteiger partial charge in [0.05, 0.1) is 22.6 Å². The van der Waals surface area contributed by atoms with Crippen LogP contribution in [0.25, 0.3) is 0 Å². The van der Waals surface area contributed by atoms with Crippen LogP contribution in [0.4, 0.5) is 15.5 Å². The van der Waals surface area contributed by atoms with Crippen LogP contribution in [0.1, 0.15) is 30.0 Å². The van der Waals surface area contributed by atoms with Crippen molar-refractivity contribution in [3.63, 3.8) is 0 Å². The fraction of sp³-hybridized carbons (Fsp3) is 0.333. The number of nitrogens with one attached hydrogen (secondary N) is 3. The van der Waals surface area contributed by atoms with Gasteiger partial charge in [-0.2, -0.15) is 0 Å². The summed E-state index contributed by atoms with van der Waals surface area (Å²) >= 11 is 7.21. The van der Waals surface area contributed by atoms with Gasteiger partial charge in [0.2, 0.25) is 0 Å². The first-order valence-electron chi connectivity index (χ1n) is 12.1. The quantitative estimate of drug-likeness (QED) is 0.375. The molecule has 1 unspecified atom stereocenters. The lowest BCUT2D eigenvalue weighted by atomic mass is 9.95. The van der Waals surface area contributed by atoms with Crippen molar-refractivity contribution in [1.29, 1.82) is 0 Å². The molecule has 1 aliphatic heterocycles. The molecule has 2 aromatic carbocycles. The minimum atomic E-state index is -0.864. The van der Waals surface area contributed by atoms with Gasteiger partial charge in [0.1, 0.15) is 6.04 Å². The molecule has 7 nitrogen and oxygen atoms in total. The van der Waals surface area contributed by atoms with Crippen molar-refractivity contribution in [2.75, 3.05) is 43.5 Å². The van der Waals surface area contributed by atoms with E-state index >= 15 is 0 Å². The normalized spacial score (nSPS) is 17.7. The van der Waals surface area contributed by atoms with E-state index in [1.165, 1.54) is 29.7 Å². The summed E-state index contributed by atoms with van der Waals surface area (Å²) in [6.07, 6.45) is 2.36. The summed E-state index contributed by atoms with van der Waals surface area (Å²) in [6.45, 7) is 4.62. The van der Waals surface area contributed by atoms with Crippen LogP contribution >= 0.6 is 22.9 Å². The molecule has 3 N–H and O–H groups in total. The van der Waals surface area contributed by atoms with Crippen LogP contribution in [-0.2, 0) is 14.9 Å². The maximum atomic E-state index is 13.3. The summed E-state index contributed by atoms with van der Waals surface area (Å²) in [6, 6.07) is 19.4. The Hall–Kier alpha value is -2.91. The summed E-state index contributed by atoms with van der Waals surface area (Å²) in [5.41, 5.74) is 2.89. The Morgan fingerprint density at radius 1 is 0.972 bits per heavy atom. The van der Waals surface area contributed by atoms with Crippen LogP contribution in [0.3, 0.4) is 0 Å². The highest BCUT2D eigenvalue weighted by atomic mass is 35.5. The largest absolute Gasteiger partial charge is 0.379 e. The number of thiophene rings is 1. The van der Waals surface area contributed by atoms with E-state index in [1.54, 1.807) is 12.1 Å². The predicted octanol–water partition coefficient (Wildman–Crippen LogP) is 5.27. The number of anilines is 2. The second kappa shape index (κ2) is 11.0. The maximum absolute atomic E-state index is 13.3. The summed E-state index contributed by atoms with van der Waals surface area (Å²) in [5, 5.41) is 9.10. The first-order valence-corrected chi connectivity index (χ1v) is 13.3. The van der Waals surface area contributed by atoms with Gasteiger partial charge in [-0.05, 0) is 48.2 Å². The van der Waals surface area contributed by atoms with Gasteiger partial charge in [-0.15, -0.1) is 11.3 Å². The predicted molar refractivity (Wildman–Crippen MR) is 144 cm³/mol. The lowest BCUT2D eigenvalue weighted by Gasteiger charge is -2.30. The van der Waals surface area contributed by atoms with E-state index in [9.17, 15) is 9.59 Å². The number of hydrogen-bond donors (Lipinski definition) is 3. The van der Waals surface area contributed by atoms with Gasteiger partial charge in [-0.25, -0.2) is 4.79 Å². The SMILES string of the molecule is O=C(Nc1ccc(Cl)s1)NC(C(=O)Nc1ccc(C2(CN3CCOCC3)CC2)cc1)c1ccccc1. The Morgan fingerprint density at radius 2 is 1.69 bits per heavy atom. The second-order valence-corrected chi connectivity index (χ2v) is 11.0. The van der Waals surface area contributed by atoms with E-state index in [2.05, 4.69) is 33.0 Å². The van der Waals surface area contributed by atoms with Crippen LogP contribution in [0.5, 0.6) is 0 Å². The molecule has 5 rings (SSSR count). The number of carbonyl (C=O) groups is 2. The van der Waals surface area contributed by atoms with E-state index in [0.717, 1.165) is 32.8 Å². The minimum absolute atomic E-state index is 0.205. The molecule has 3 amide bonds. The molecule has 36 heavy (non-hydrogen) atoms. The van der Waals surface area contributed by atoms with Crippen molar-refractivity contribution < 1.29 is 14.3 Å². The molecule has 3 aromatic rings. The summed E-state index contributed by atoms with van der Waals surface area (Å²) in [7, 11) is 0. The monoisotopic (exact) mass is 524 g/mol. The standard InChI is InChI=1S/C27H29ClN4O3S/c28-22-10-11-23(36-22)30-26(34)31-24(19-4-2-1-3-5-19)25(33)29-21-8-6-20(7-9-21)27(12-13-27)18-32-14-16-35-17-15-32/h1-11,24H,12-18H2,(H,29,33)(H2,30,31,34). The third kappa shape index (κ3) is 6.07. The van der Waals surface area contributed by atoms with Crippen LogP contribution in [0.2, 0.25) is 4.34 Å². The van der Waals surface area contributed by atoms with Crippen LogP contribution < -0.4 is 16.0 Å². The molecule has 188 valence electrons. The molecule has 1 atom stereocenters. The zero-order chi connectivity index (χ0) is 25.0. The first-order chi connectivity index (χ1) is 17.5. The van der Waals surface area contributed by atoms with E-state index in [4.69, 9.17) is 16.3 Å². The van der Waals surface area contributed by atoms with Gasteiger partial charge in [-0.3, -0.25) is 15.0 Å². The fourth-order valence-corrected chi connectivity index (χ4v) is 5.54. The average Bonchev–Trinajstić information content (AvgIpc) is 3.56. The highest BCUT2D eigenvalue weighted by Gasteiger charge is 2.45. The fourth-order valence-electron chi connectivity index (χ4n) is 4.60. The van der Waals surface area contributed by atoms with E-state index in [1.807, 2.05) is 42.5 Å². The number of amides is 3. The van der Waals surface area contributed by atoms with Gasteiger partial charge in [0.25, 0.3) is 5.91 Å². The molecule has 2 aliphatic rings. The van der Waals surface area contributed by atoms with E-state index in [-0.39, 0.29) is 11.3 Å². The minimum Gasteiger partial charge on any atom is -0.379 e. The first kappa shape index (κ1) is 24.8. The lowest BCUT2D eigenvalue weighted by molar-refractivity contribution is -0.118. The Balaban J connectivity index is 1.25. The molecule has 2 heterocycles. The third-order valence-corrected chi connectivity index (χ3v) is 7.88. The smallest absolute Gasteiger partial charge is 0.320 e. The Kier molecular flexibility index (Phi) is 7.57. The van der Waals surface area contributed by atoms with Crippen molar-refractivity contribution in [2.24, 2.45) is 0 Å². The molecule has 0 bridgehead atoms. The Morgan fingerprint density at radius 3 is 2.33 bits per heavy atom. The van der Waals surface area contributed by atoms with Crippen LogP contribution in [0.15, 0.2) is 66.7 Å². The number of hydrogen-bond acceptors (Lipinski definition) is 5. The van der Waals surface area contributed by atoms with Crippen LogP contribution in [0, 0.1) is 0 Å². The van der Waals surface area contributed by atoms with Crippen molar-refractivity contribution in [1.82, 2.24) is 10.2 Å². The van der Waals surface area contributed by atoms with Gasteiger partial charge in [0.15, 0.2) is 0 Å². The molecule has 0 radical (unpaired) electrons. The highest BCUT2D eigenvalue weighted by molar-refractivity contribution is 7.20. The Bertz CT molecular complexity index is 1190. The zero-order valence-corrected chi connectivity index (χ0v) is 21.4. The third-order valence-electron chi connectivity index (χ3n) is 6.73. The number of benzene rings is 2. The number of halogens is 1. The molecule has 9 heteroatoms. The average molecular weight is 525 g/mol. The number of ether oxygens (including phenoxy) is 1. The molecule has 1 aromatic heterocycles. The van der Waals surface area contributed by atoms with Crippen molar-refractivity contribution in [3.8, 4) is 0 Å². The maximum Gasteiger partial charge on any atom is 0.320 e. The molecule has 1 saturated carbocycles. The van der Waals surface area contributed by atoms with E-state index in [0.29, 0.717) is 20.6 Å². The molecule has 1 aliphatic carbocycles. The summed E-state index contributed by atoms with van der Waals surface area (Å²) in [5.74, 6) is -0.317. The molecular formula is C27H29ClN4O3S. The number of carbonyl (C=O) groups excluding carboxylic acids is 2. The van der Waals surface area contributed by atoms with Crippen molar-refractivity contribution >= 4 is 45.6 Å². The zero-order valence-electron chi connectivity index (χ0n) is 19.8. The van der Waals surface area contributed by atoms with Gasteiger partial charge in [-0.1, -0.05) is 54.1 Å². The van der Waals surface area contributed by atoms with Gasteiger partial charge >= 0.3 is 6.03 Å². The van der Waals surface area contributed by atoms with E-state index < -0.39 is 12.1 Å².